The minimum absolute atomic E-state index is 0.0208. The maximum absolute atomic E-state index is 12.8. The summed E-state index contributed by atoms with van der Waals surface area (Å²) in [5.41, 5.74) is 2.00. The van der Waals surface area contributed by atoms with Gasteiger partial charge in [0, 0.05) is 19.3 Å². The Hall–Kier alpha value is -3.78. The summed E-state index contributed by atoms with van der Waals surface area (Å²) >= 11 is 1.36. The van der Waals surface area contributed by atoms with Crippen LogP contribution in [0, 0.1) is 0 Å². The topological polar surface area (TPSA) is 69.5 Å². The molecule has 8 heteroatoms. The minimum Gasteiger partial charge on any atom is -0.497 e. The monoisotopic (exact) mass is 474 g/mol. The molecule has 1 aromatic heterocycles. The van der Waals surface area contributed by atoms with Crippen molar-refractivity contribution in [2.75, 3.05) is 19.9 Å². The number of amides is 1. The number of ether oxygens (including phenoxy) is 2. The van der Waals surface area contributed by atoms with Gasteiger partial charge in [0.1, 0.15) is 18.1 Å². The average Bonchev–Trinajstić information content (AvgIpc) is 3.30. The first-order chi connectivity index (χ1) is 16.6. The first-order valence-corrected chi connectivity index (χ1v) is 11.8. The summed E-state index contributed by atoms with van der Waals surface area (Å²) in [6, 6.07) is 27.1. The van der Waals surface area contributed by atoms with Gasteiger partial charge in [-0.2, -0.15) is 0 Å². The van der Waals surface area contributed by atoms with Gasteiger partial charge < -0.3 is 14.4 Å². The second-order valence-electron chi connectivity index (χ2n) is 7.56. The first-order valence-electron chi connectivity index (χ1n) is 10.8. The lowest BCUT2D eigenvalue weighted by Gasteiger charge is -2.17. The van der Waals surface area contributed by atoms with E-state index in [9.17, 15) is 4.79 Å². The fraction of sp³-hybridized carbons (Fsp3) is 0.192. The van der Waals surface area contributed by atoms with Gasteiger partial charge in [-0.25, -0.2) is 0 Å². The van der Waals surface area contributed by atoms with Gasteiger partial charge in [0.15, 0.2) is 11.0 Å². The van der Waals surface area contributed by atoms with E-state index in [2.05, 4.69) is 10.2 Å². The van der Waals surface area contributed by atoms with Crippen LogP contribution in [0.15, 0.2) is 90.1 Å². The number of carbonyl (C=O) groups is 1. The van der Waals surface area contributed by atoms with Crippen LogP contribution in [0.4, 0.5) is 0 Å². The number of carbonyl (C=O) groups excluding carboxylic acids is 1. The molecule has 0 aliphatic carbocycles. The largest absolute Gasteiger partial charge is 0.497 e. The molecule has 0 unspecified atom stereocenters. The smallest absolute Gasteiger partial charge is 0.233 e. The highest BCUT2D eigenvalue weighted by atomic mass is 32.2. The number of methoxy groups -OCH3 is 1. The molecule has 0 radical (unpaired) electrons. The lowest BCUT2D eigenvalue weighted by atomic mass is 10.2. The van der Waals surface area contributed by atoms with Crippen molar-refractivity contribution in [1.82, 2.24) is 19.7 Å². The van der Waals surface area contributed by atoms with Gasteiger partial charge in [-0.05, 0) is 42.0 Å². The number of hydrogen-bond donors (Lipinski definition) is 0. The molecule has 0 bridgehead atoms. The van der Waals surface area contributed by atoms with Crippen molar-refractivity contribution in [3.8, 4) is 17.2 Å². The zero-order valence-corrected chi connectivity index (χ0v) is 19.9. The van der Waals surface area contributed by atoms with Crippen LogP contribution in [-0.4, -0.2) is 45.5 Å². The van der Waals surface area contributed by atoms with E-state index in [4.69, 9.17) is 9.47 Å². The molecule has 7 nitrogen and oxygen atoms in total. The van der Waals surface area contributed by atoms with E-state index in [1.165, 1.54) is 11.8 Å². The van der Waals surface area contributed by atoms with Crippen molar-refractivity contribution in [2.24, 2.45) is 0 Å². The zero-order valence-electron chi connectivity index (χ0n) is 19.1. The number of aromatic nitrogens is 3. The van der Waals surface area contributed by atoms with Crippen molar-refractivity contribution in [1.29, 1.82) is 0 Å². The number of para-hydroxylation sites is 1. The van der Waals surface area contributed by atoms with E-state index in [0.29, 0.717) is 23.3 Å². The molecule has 0 atom stereocenters. The Morgan fingerprint density at radius 1 is 0.912 bits per heavy atom. The Morgan fingerprint density at radius 2 is 1.56 bits per heavy atom. The Balaban J connectivity index is 1.46. The zero-order chi connectivity index (χ0) is 23.8. The Morgan fingerprint density at radius 3 is 2.24 bits per heavy atom. The molecule has 0 saturated heterocycles. The van der Waals surface area contributed by atoms with Crippen LogP contribution in [0.3, 0.4) is 0 Å². The Bertz CT molecular complexity index is 1200. The summed E-state index contributed by atoms with van der Waals surface area (Å²) in [4.78, 5) is 14.5. The van der Waals surface area contributed by atoms with Gasteiger partial charge in [-0.3, -0.25) is 9.36 Å². The van der Waals surface area contributed by atoms with Crippen LogP contribution in [0.5, 0.6) is 11.5 Å². The van der Waals surface area contributed by atoms with Crippen LogP contribution in [0.2, 0.25) is 0 Å². The first kappa shape index (κ1) is 23.4. The third kappa shape index (κ3) is 5.96. The third-order valence-corrected chi connectivity index (χ3v) is 6.07. The summed E-state index contributed by atoms with van der Waals surface area (Å²) in [6.45, 7) is 0.795. The summed E-state index contributed by atoms with van der Waals surface area (Å²) in [5, 5.41) is 9.34. The van der Waals surface area contributed by atoms with Crippen LogP contribution in [0.1, 0.15) is 11.4 Å². The molecule has 174 valence electrons. The van der Waals surface area contributed by atoms with E-state index in [0.717, 1.165) is 17.0 Å². The van der Waals surface area contributed by atoms with E-state index >= 15 is 0 Å². The second kappa shape index (κ2) is 11.4. The lowest BCUT2D eigenvalue weighted by Crippen LogP contribution is -2.27. The summed E-state index contributed by atoms with van der Waals surface area (Å²) < 4.78 is 13.1. The highest BCUT2D eigenvalue weighted by Crippen LogP contribution is 2.24. The van der Waals surface area contributed by atoms with E-state index in [-0.39, 0.29) is 18.3 Å². The predicted molar refractivity (Wildman–Crippen MR) is 132 cm³/mol. The molecular weight excluding hydrogens is 448 g/mol. The molecule has 0 aliphatic rings. The molecule has 34 heavy (non-hydrogen) atoms. The maximum Gasteiger partial charge on any atom is 0.233 e. The maximum atomic E-state index is 12.8. The Labute approximate surface area is 203 Å². The fourth-order valence-electron chi connectivity index (χ4n) is 3.33. The molecule has 1 amide bonds. The average molecular weight is 475 g/mol. The van der Waals surface area contributed by atoms with Gasteiger partial charge in [-0.1, -0.05) is 60.3 Å². The number of benzene rings is 3. The molecule has 0 fully saturated rings. The highest BCUT2D eigenvalue weighted by Gasteiger charge is 2.18. The van der Waals surface area contributed by atoms with Crippen LogP contribution in [0.25, 0.3) is 5.69 Å². The fourth-order valence-corrected chi connectivity index (χ4v) is 4.24. The van der Waals surface area contributed by atoms with E-state index < -0.39 is 0 Å². The summed E-state index contributed by atoms with van der Waals surface area (Å²) in [7, 11) is 3.44. The SMILES string of the molecule is COc1ccc(OCc2nnc(SCC(=O)N(C)Cc3ccccc3)n2-c2ccccc2)cc1. The number of rotatable bonds is 10. The molecule has 3 aromatic carbocycles. The molecule has 4 rings (SSSR count). The van der Waals surface area contributed by atoms with Crippen molar-refractivity contribution >= 4 is 17.7 Å². The predicted octanol–water partition coefficient (Wildman–Crippen LogP) is 4.61. The quantitative estimate of drug-likeness (QED) is 0.313. The van der Waals surface area contributed by atoms with Crippen molar-refractivity contribution in [3.05, 3.63) is 96.3 Å². The van der Waals surface area contributed by atoms with Crippen LogP contribution < -0.4 is 9.47 Å². The van der Waals surface area contributed by atoms with Crippen LogP contribution >= 0.6 is 11.8 Å². The normalized spacial score (nSPS) is 10.6. The van der Waals surface area contributed by atoms with Gasteiger partial charge in [0.2, 0.25) is 5.91 Å². The van der Waals surface area contributed by atoms with Crippen molar-refractivity contribution in [2.45, 2.75) is 18.3 Å². The summed E-state index contributed by atoms with van der Waals surface area (Å²) in [5.74, 6) is 2.39. The standard InChI is InChI=1S/C26H26N4O3S/c1-29(17-20-9-5-3-6-10-20)25(31)19-34-26-28-27-24(30(26)21-11-7-4-8-12-21)18-33-23-15-13-22(32-2)14-16-23/h3-16H,17-19H2,1-2H3. The van der Waals surface area contributed by atoms with Gasteiger partial charge in [0.05, 0.1) is 12.9 Å². The minimum atomic E-state index is 0.0208. The van der Waals surface area contributed by atoms with Gasteiger partial charge in [0.25, 0.3) is 0 Å². The number of nitrogens with zero attached hydrogens (tertiary/aromatic N) is 4. The molecule has 1 heterocycles. The highest BCUT2D eigenvalue weighted by molar-refractivity contribution is 7.99. The third-order valence-electron chi connectivity index (χ3n) is 5.16. The van der Waals surface area contributed by atoms with Gasteiger partial charge in [-0.15, -0.1) is 10.2 Å². The van der Waals surface area contributed by atoms with Crippen LogP contribution in [-0.2, 0) is 17.9 Å². The number of hydrogen-bond acceptors (Lipinski definition) is 6. The van der Waals surface area contributed by atoms with E-state index in [1.54, 1.807) is 12.0 Å². The molecular formula is C26H26N4O3S. The van der Waals surface area contributed by atoms with Crippen molar-refractivity contribution in [3.63, 3.8) is 0 Å². The second-order valence-corrected chi connectivity index (χ2v) is 8.50. The van der Waals surface area contributed by atoms with Crippen molar-refractivity contribution < 1.29 is 14.3 Å². The Kier molecular flexibility index (Phi) is 7.83. The molecule has 0 N–H and O–H groups in total. The molecule has 0 saturated carbocycles. The van der Waals surface area contributed by atoms with E-state index in [1.807, 2.05) is 96.5 Å². The number of thioether (sulfide) groups is 1. The lowest BCUT2D eigenvalue weighted by molar-refractivity contribution is -0.127. The molecule has 0 spiro atoms. The molecule has 0 aliphatic heterocycles. The summed E-state index contributed by atoms with van der Waals surface area (Å²) in [6.07, 6.45) is 0. The molecule has 4 aromatic rings. The van der Waals surface area contributed by atoms with Gasteiger partial charge >= 0.3 is 0 Å².